The molecule has 1 atom stereocenters. The van der Waals surface area contributed by atoms with Gasteiger partial charge in [-0.05, 0) is 30.9 Å². The molecular weight excluding hydrogens is 323 g/mol. The van der Waals surface area contributed by atoms with E-state index in [0.29, 0.717) is 16.0 Å². The van der Waals surface area contributed by atoms with Gasteiger partial charge >= 0.3 is 0 Å². The number of hydrogen-bond acceptors (Lipinski definition) is 4. The standard InChI is InChI=1S/C16H22Cl2N2O2/c17-12-9-13(18)15(14(21)10-12)16(11-1-7-22-8-2-11)20-5-3-19-4-6-20/h9-11,16,19,21H,1-8H2/t16-/m1/s1. The second kappa shape index (κ2) is 7.37. The Morgan fingerprint density at radius 3 is 2.50 bits per heavy atom. The van der Waals surface area contributed by atoms with Gasteiger partial charge in [0.25, 0.3) is 0 Å². The molecule has 2 aliphatic heterocycles. The molecule has 0 saturated carbocycles. The molecule has 2 heterocycles. The van der Waals surface area contributed by atoms with Gasteiger partial charge in [0, 0.05) is 56.0 Å². The Morgan fingerprint density at radius 2 is 1.86 bits per heavy atom. The number of nitrogens with one attached hydrogen (secondary N) is 1. The van der Waals surface area contributed by atoms with Crippen LogP contribution in [0.25, 0.3) is 0 Å². The highest BCUT2D eigenvalue weighted by atomic mass is 35.5. The molecule has 4 nitrogen and oxygen atoms in total. The van der Waals surface area contributed by atoms with Crippen LogP contribution < -0.4 is 5.32 Å². The lowest BCUT2D eigenvalue weighted by Gasteiger charge is -2.41. The Morgan fingerprint density at radius 1 is 1.18 bits per heavy atom. The van der Waals surface area contributed by atoms with Gasteiger partial charge in [-0.3, -0.25) is 4.90 Å². The summed E-state index contributed by atoms with van der Waals surface area (Å²) >= 11 is 12.5. The maximum atomic E-state index is 10.5. The summed E-state index contributed by atoms with van der Waals surface area (Å²) in [5.41, 5.74) is 0.819. The highest BCUT2D eigenvalue weighted by Gasteiger charge is 2.34. The van der Waals surface area contributed by atoms with Crippen molar-refractivity contribution in [1.29, 1.82) is 0 Å². The number of nitrogens with zero attached hydrogens (tertiary/aromatic N) is 1. The van der Waals surface area contributed by atoms with Crippen LogP contribution in [0.1, 0.15) is 24.4 Å². The van der Waals surface area contributed by atoms with Gasteiger partial charge in [0.1, 0.15) is 5.75 Å². The summed E-state index contributed by atoms with van der Waals surface area (Å²) in [4.78, 5) is 2.43. The first-order valence-corrected chi connectivity index (χ1v) is 8.63. The number of phenolic OH excluding ortho intramolecular Hbond substituents is 1. The number of phenols is 1. The molecule has 22 heavy (non-hydrogen) atoms. The first-order valence-electron chi connectivity index (χ1n) is 7.87. The largest absolute Gasteiger partial charge is 0.508 e. The van der Waals surface area contributed by atoms with Crippen LogP contribution in [0.4, 0.5) is 0 Å². The van der Waals surface area contributed by atoms with Crippen LogP contribution in [-0.2, 0) is 4.74 Å². The number of benzene rings is 1. The molecule has 0 bridgehead atoms. The van der Waals surface area contributed by atoms with Gasteiger partial charge in [0.15, 0.2) is 0 Å². The number of piperazine rings is 1. The van der Waals surface area contributed by atoms with Crippen LogP contribution in [-0.4, -0.2) is 49.4 Å². The molecule has 2 N–H and O–H groups in total. The van der Waals surface area contributed by atoms with Crippen LogP contribution in [0, 0.1) is 5.92 Å². The number of ether oxygens (including phenoxy) is 1. The summed E-state index contributed by atoms with van der Waals surface area (Å²) in [5.74, 6) is 0.643. The molecule has 2 aliphatic rings. The zero-order valence-corrected chi connectivity index (χ0v) is 14.0. The van der Waals surface area contributed by atoms with E-state index in [1.165, 1.54) is 0 Å². The van der Waals surface area contributed by atoms with Crippen LogP contribution >= 0.6 is 23.2 Å². The third-order valence-electron chi connectivity index (χ3n) is 4.63. The minimum absolute atomic E-state index is 0.121. The summed E-state index contributed by atoms with van der Waals surface area (Å²) in [6.07, 6.45) is 1.99. The van der Waals surface area contributed by atoms with Gasteiger partial charge in [-0.15, -0.1) is 0 Å². The Kier molecular flexibility index (Phi) is 5.47. The van der Waals surface area contributed by atoms with E-state index in [1.807, 2.05) is 0 Å². The fourth-order valence-electron chi connectivity index (χ4n) is 3.57. The van der Waals surface area contributed by atoms with E-state index in [4.69, 9.17) is 27.9 Å². The molecule has 122 valence electrons. The lowest BCUT2D eigenvalue weighted by molar-refractivity contribution is 0.0207. The monoisotopic (exact) mass is 344 g/mol. The summed E-state index contributed by atoms with van der Waals surface area (Å²) in [6, 6.07) is 3.44. The van der Waals surface area contributed by atoms with E-state index in [0.717, 1.165) is 57.8 Å². The normalized spacial score (nSPS) is 22.6. The Labute approximate surface area is 141 Å². The van der Waals surface area contributed by atoms with Crippen molar-refractivity contribution in [1.82, 2.24) is 10.2 Å². The van der Waals surface area contributed by atoms with Crippen LogP contribution in [0.3, 0.4) is 0 Å². The highest BCUT2D eigenvalue weighted by molar-refractivity contribution is 6.35. The van der Waals surface area contributed by atoms with Crippen molar-refractivity contribution in [3.05, 3.63) is 27.7 Å². The van der Waals surface area contributed by atoms with Gasteiger partial charge in [-0.2, -0.15) is 0 Å². The Bertz CT molecular complexity index is 474. The molecule has 0 aliphatic carbocycles. The van der Waals surface area contributed by atoms with E-state index >= 15 is 0 Å². The van der Waals surface area contributed by atoms with E-state index in [2.05, 4.69) is 10.2 Å². The zero-order chi connectivity index (χ0) is 15.5. The second-order valence-electron chi connectivity index (χ2n) is 6.00. The average Bonchev–Trinajstić information content (AvgIpc) is 2.52. The van der Waals surface area contributed by atoms with Crippen LogP contribution in [0.5, 0.6) is 5.75 Å². The van der Waals surface area contributed by atoms with Gasteiger partial charge in [0.05, 0.1) is 5.02 Å². The molecule has 0 amide bonds. The first-order chi connectivity index (χ1) is 10.7. The van der Waals surface area contributed by atoms with Crippen molar-refractivity contribution in [2.45, 2.75) is 18.9 Å². The SMILES string of the molecule is Oc1cc(Cl)cc(Cl)c1[C@@H](C1CCOCC1)N1CCNCC1. The van der Waals surface area contributed by atoms with Gasteiger partial charge in [0.2, 0.25) is 0 Å². The number of aromatic hydroxyl groups is 1. The highest BCUT2D eigenvalue weighted by Crippen LogP contribution is 2.43. The summed E-state index contributed by atoms with van der Waals surface area (Å²) in [6.45, 7) is 5.40. The van der Waals surface area contributed by atoms with E-state index in [9.17, 15) is 5.11 Å². The van der Waals surface area contributed by atoms with E-state index < -0.39 is 0 Å². The Hall–Kier alpha value is -0.520. The number of hydrogen-bond donors (Lipinski definition) is 2. The van der Waals surface area contributed by atoms with Crippen LogP contribution in [0.2, 0.25) is 10.0 Å². The molecule has 1 aromatic carbocycles. The maximum absolute atomic E-state index is 10.5. The number of rotatable bonds is 3. The smallest absolute Gasteiger partial charge is 0.123 e. The van der Waals surface area contributed by atoms with E-state index in [1.54, 1.807) is 12.1 Å². The van der Waals surface area contributed by atoms with Gasteiger partial charge < -0.3 is 15.2 Å². The third kappa shape index (κ3) is 3.52. The van der Waals surface area contributed by atoms with Crippen LogP contribution in [0.15, 0.2) is 12.1 Å². The van der Waals surface area contributed by atoms with Crippen molar-refractivity contribution < 1.29 is 9.84 Å². The average molecular weight is 345 g/mol. The fourth-order valence-corrected chi connectivity index (χ4v) is 4.17. The van der Waals surface area contributed by atoms with E-state index in [-0.39, 0.29) is 11.8 Å². The minimum Gasteiger partial charge on any atom is -0.508 e. The molecule has 0 radical (unpaired) electrons. The first kappa shape index (κ1) is 16.3. The molecule has 2 fully saturated rings. The third-order valence-corrected chi connectivity index (χ3v) is 5.16. The molecule has 0 aromatic heterocycles. The van der Waals surface area contributed by atoms with Crippen molar-refractivity contribution in [3.8, 4) is 5.75 Å². The molecule has 6 heteroatoms. The summed E-state index contributed by atoms with van der Waals surface area (Å²) in [5, 5.41) is 14.9. The minimum atomic E-state index is 0.121. The molecule has 2 saturated heterocycles. The maximum Gasteiger partial charge on any atom is 0.123 e. The fraction of sp³-hybridized carbons (Fsp3) is 0.625. The molecule has 1 aromatic rings. The zero-order valence-electron chi connectivity index (χ0n) is 12.5. The van der Waals surface area contributed by atoms with Gasteiger partial charge in [-0.25, -0.2) is 0 Å². The van der Waals surface area contributed by atoms with Crippen molar-refractivity contribution in [2.75, 3.05) is 39.4 Å². The molecule has 3 rings (SSSR count). The van der Waals surface area contributed by atoms with Crippen molar-refractivity contribution in [2.24, 2.45) is 5.92 Å². The van der Waals surface area contributed by atoms with Crippen molar-refractivity contribution in [3.63, 3.8) is 0 Å². The lowest BCUT2D eigenvalue weighted by atomic mass is 9.85. The number of halogens is 2. The molecular formula is C16H22Cl2N2O2. The topological polar surface area (TPSA) is 44.7 Å². The quantitative estimate of drug-likeness (QED) is 0.884. The molecule has 0 spiro atoms. The summed E-state index contributed by atoms with van der Waals surface area (Å²) in [7, 11) is 0. The predicted octanol–water partition coefficient (Wildman–Crippen LogP) is 3.07. The van der Waals surface area contributed by atoms with Crippen molar-refractivity contribution >= 4 is 23.2 Å². The molecule has 0 unspecified atom stereocenters. The lowest BCUT2D eigenvalue weighted by Crippen LogP contribution is -2.47. The second-order valence-corrected chi connectivity index (χ2v) is 6.84. The summed E-state index contributed by atoms with van der Waals surface area (Å²) < 4.78 is 5.51. The predicted molar refractivity (Wildman–Crippen MR) is 88.9 cm³/mol. The van der Waals surface area contributed by atoms with Gasteiger partial charge in [-0.1, -0.05) is 23.2 Å². The Balaban J connectivity index is 1.96.